The lowest BCUT2D eigenvalue weighted by Gasteiger charge is -2.26. The maximum atomic E-state index is 14.6. The van der Waals surface area contributed by atoms with Crippen molar-refractivity contribution in [1.29, 1.82) is 0 Å². The van der Waals surface area contributed by atoms with Crippen molar-refractivity contribution in [2.45, 2.75) is 58.9 Å². The molecule has 3 aromatic heterocycles. The molecule has 0 spiro atoms. The minimum Gasteiger partial charge on any atom is -0.364 e. The predicted molar refractivity (Wildman–Crippen MR) is 237 cm³/mol. The molecule has 328 valence electrons. The van der Waals surface area contributed by atoms with Crippen molar-refractivity contribution in [2.75, 3.05) is 25.0 Å². The zero-order chi connectivity index (χ0) is 45.4. The molecule has 17 nitrogen and oxygen atoms in total. The van der Waals surface area contributed by atoms with E-state index in [0.29, 0.717) is 32.2 Å². The van der Waals surface area contributed by atoms with Gasteiger partial charge in [0.15, 0.2) is 11.4 Å². The fraction of sp³-hybridized carbons (Fsp3) is 0.279. The van der Waals surface area contributed by atoms with Crippen LogP contribution in [0.4, 0.5) is 10.2 Å². The number of para-hydroxylation sites is 2. The summed E-state index contributed by atoms with van der Waals surface area (Å²) in [4.78, 5) is 86.6. The quantitative estimate of drug-likeness (QED) is 0.0880. The van der Waals surface area contributed by atoms with Crippen molar-refractivity contribution in [3.8, 4) is 0 Å². The van der Waals surface area contributed by atoms with E-state index >= 15 is 0 Å². The Morgan fingerprint density at radius 1 is 0.794 bits per heavy atom. The molecule has 0 aliphatic rings. The van der Waals surface area contributed by atoms with Gasteiger partial charge in [-0.1, -0.05) is 66.2 Å². The van der Waals surface area contributed by atoms with E-state index in [4.69, 9.17) is 17.3 Å². The molecule has 1 unspecified atom stereocenters. The van der Waals surface area contributed by atoms with Gasteiger partial charge in [0, 0.05) is 41.5 Å². The van der Waals surface area contributed by atoms with Gasteiger partial charge in [-0.2, -0.15) is 10.2 Å². The summed E-state index contributed by atoms with van der Waals surface area (Å²) in [6, 6.07) is 22.3. The van der Waals surface area contributed by atoms with Gasteiger partial charge in [0.25, 0.3) is 11.8 Å². The van der Waals surface area contributed by atoms with Crippen molar-refractivity contribution in [3.63, 3.8) is 0 Å². The molecule has 0 saturated heterocycles. The van der Waals surface area contributed by atoms with Crippen LogP contribution >= 0.6 is 27.5 Å². The number of carbonyl (C=O) groups is 6. The lowest BCUT2D eigenvalue weighted by molar-refractivity contribution is -0.137. The number of nitrogens with two attached hydrogens (primary N) is 1. The van der Waals surface area contributed by atoms with Gasteiger partial charge in [0.05, 0.1) is 22.6 Å². The number of carbonyl (C=O) groups excluding carboxylic acids is 6. The molecule has 63 heavy (non-hydrogen) atoms. The van der Waals surface area contributed by atoms with E-state index < -0.39 is 53.8 Å². The molecular formula is C43H44BrClFN11O6. The molecule has 6 aromatic rings. The molecule has 0 radical (unpaired) electrons. The molecule has 20 heteroatoms. The first kappa shape index (κ1) is 45.8. The standard InChI is InChI=1S/C43H44BrClFN11O6/c1-25(2)55(22-36(59)51-34-17-9-16-33(44)50-34)38(61)24-57-32-15-7-5-12-29(32)41(53-57)43(63)49-26(3)18-19-54(21-35(58)48-20-27-10-8-13-30(45)39(27)46)37(60)23-56-31-14-6-4-11-28(31)40(52-56)42(47)62/h4-17,25-26H,18-24H2,1-3H3,(H2,47,62)(H,48,58)(H,49,63)(H,50,51,59). The second-order valence-electron chi connectivity index (χ2n) is 14.9. The van der Waals surface area contributed by atoms with Gasteiger partial charge < -0.3 is 31.5 Å². The van der Waals surface area contributed by atoms with Crippen molar-refractivity contribution >= 4 is 90.6 Å². The molecule has 3 heterocycles. The number of anilines is 1. The summed E-state index contributed by atoms with van der Waals surface area (Å²) in [5.41, 5.74) is 6.74. The highest BCUT2D eigenvalue weighted by Gasteiger charge is 2.26. The van der Waals surface area contributed by atoms with Gasteiger partial charge in [-0.25, -0.2) is 9.37 Å². The normalized spacial score (nSPS) is 11.7. The fourth-order valence-corrected chi connectivity index (χ4v) is 7.32. The van der Waals surface area contributed by atoms with E-state index in [1.165, 1.54) is 31.3 Å². The Hall–Kier alpha value is -6.73. The molecule has 0 aliphatic carbocycles. The number of amides is 6. The molecule has 6 amide bonds. The first-order valence-corrected chi connectivity index (χ1v) is 21.0. The minimum atomic E-state index is -0.775. The molecule has 0 aliphatic heterocycles. The van der Waals surface area contributed by atoms with E-state index in [1.807, 2.05) is 0 Å². The number of pyridine rings is 1. The molecule has 5 N–H and O–H groups in total. The van der Waals surface area contributed by atoms with Crippen LogP contribution in [0.1, 0.15) is 53.7 Å². The summed E-state index contributed by atoms with van der Waals surface area (Å²) < 4.78 is 17.8. The molecule has 0 bridgehead atoms. The number of benzene rings is 3. The minimum absolute atomic E-state index is 0.0129. The van der Waals surface area contributed by atoms with Crippen LogP contribution in [-0.2, 0) is 38.8 Å². The maximum absolute atomic E-state index is 14.6. The number of aromatic nitrogens is 5. The molecule has 0 saturated carbocycles. The van der Waals surface area contributed by atoms with E-state index in [-0.39, 0.29) is 67.2 Å². The number of nitrogens with one attached hydrogen (secondary N) is 3. The summed E-state index contributed by atoms with van der Waals surface area (Å²) >= 11 is 9.18. The molecule has 6 rings (SSSR count). The van der Waals surface area contributed by atoms with Gasteiger partial charge in [-0.3, -0.25) is 38.1 Å². The van der Waals surface area contributed by atoms with Gasteiger partial charge in [0.1, 0.15) is 35.9 Å². The third kappa shape index (κ3) is 11.4. The summed E-state index contributed by atoms with van der Waals surface area (Å²) in [5, 5.41) is 17.9. The largest absolute Gasteiger partial charge is 0.364 e. The van der Waals surface area contributed by atoms with Crippen molar-refractivity contribution in [1.82, 2.24) is 45.0 Å². The first-order chi connectivity index (χ1) is 30.1. The zero-order valence-electron chi connectivity index (χ0n) is 34.5. The number of rotatable bonds is 18. The van der Waals surface area contributed by atoms with Gasteiger partial charge in [0.2, 0.25) is 23.6 Å². The zero-order valence-corrected chi connectivity index (χ0v) is 36.8. The van der Waals surface area contributed by atoms with Crippen LogP contribution in [0.3, 0.4) is 0 Å². The Morgan fingerprint density at radius 2 is 1.41 bits per heavy atom. The third-order valence-corrected chi connectivity index (χ3v) is 10.7. The third-order valence-electron chi connectivity index (χ3n) is 9.98. The van der Waals surface area contributed by atoms with Gasteiger partial charge in [-0.15, -0.1) is 0 Å². The van der Waals surface area contributed by atoms with E-state index in [1.54, 1.807) is 93.6 Å². The van der Waals surface area contributed by atoms with Crippen molar-refractivity contribution in [2.24, 2.45) is 5.73 Å². The van der Waals surface area contributed by atoms with Crippen LogP contribution in [0.2, 0.25) is 5.02 Å². The average Bonchev–Trinajstić information content (AvgIpc) is 3.80. The van der Waals surface area contributed by atoms with Crippen molar-refractivity contribution in [3.05, 3.63) is 117 Å². The summed E-state index contributed by atoms with van der Waals surface area (Å²) in [6.45, 7) is 3.80. The highest BCUT2D eigenvalue weighted by Crippen LogP contribution is 2.22. The molecular weight excluding hydrogens is 901 g/mol. The lowest BCUT2D eigenvalue weighted by atomic mass is 10.1. The number of primary amides is 1. The van der Waals surface area contributed by atoms with Crippen LogP contribution in [-0.4, -0.2) is 102 Å². The Kier molecular flexibility index (Phi) is 14.8. The Morgan fingerprint density at radius 3 is 2.06 bits per heavy atom. The highest BCUT2D eigenvalue weighted by atomic mass is 79.9. The van der Waals surface area contributed by atoms with Crippen LogP contribution in [0.5, 0.6) is 0 Å². The Balaban J connectivity index is 1.14. The van der Waals surface area contributed by atoms with Crippen LogP contribution in [0.15, 0.2) is 89.5 Å². The monoisotopic (exact) mass is 943 g/mol. The second kappa shape index (κ2) is 20.4. The van der Waals surface area contributed by atoms with E-state index in [9.17, 15) is 33.2 Å². The maximum Gasteiger partial charge on any atom is 0.272 e. The average molecular weight is 945 g/mol. The number of hydrogen-bond donors (Lipinski definition) is 4. The van der Waals surface area contributed by atoms with E-state index in [2.05, 4.69) is 47.1 Å². The first-order valence-electron chi connectivity index (χ1n) is 19.8. The topological polar surface area (TPSA) is 220 Å². The number of nitrogens with zero attached hydrogens (tertiary/aromatic N) is 7. The number of fused-ring (bicyclic) bond motifs is 2. The predicted octanol–water partition coefficient (Wildman–Crippen LogP) is 4.66. The van der Waals surface area contributed by atoms with Crippen molar-refractivity contribution < 1.29 is 33.2 Å². The highest BCUT2D eigenvalue weighted by molar-refractivity contribution is 9.10. The van der Waals surface area contributed by atoms with Gasteiger partial charge >= 0.3 is 0 Å². The Bertz CT molecular complexity index is 2710. The second-order valence-corrected chi connectivity index (χ2v) is 16.1. The summed E-state index contributed by atoms with van der Waals surface area (Å²) in [7, 11) is 0. The van der Waals surface area contributed by atoms with Crippen LogP contribution < -0.4 is 21.7 Å². The number of halogens is 3. The Labute approximate surface area is 374 Å². The van der Waals surface area contributed by atoms with Crippen LogP contribution in [0.25, 0.3) is 21.8 Å². The summed E-state index contributed by atoms with van der Waals surface area (Å²) in [5.74, 6) is -3.65. The van der Waals surface area contributed by atoms with Gasteiger partial charge in [-0.05, 0) is 73.5 Å². The smallest absolute Gasteiger partial charge is 0.272 e. The van der Waals surface area contributed by atoms with E-state index in [0.717, 1.165) is 0 Å². The fourth-order valence-electron chi connectivity index (χ4n) is 6.78. The lowest BCUT2D eigenvalue weighted by Crippen LogP contribution is -2.44. The molecule has 0 fully saturated rings. The number of hydrogen-bond acceptors (Lipinski definition) is 9. The molecule has 1 atom stereocenters. The SMILES string of the molecule is CC(CCN(CC(=O)NCc1cccc(Cl)c1F)C(=O)Cn1nc(C(N)=O)c2ccccc21)NC(=O)c1nn(CC(=O)N(CC(=O)Nc2cccc(Br)n2)C(C)C)c2ccccc12. The van der Waals surface area contributed by atoms with Crippen LogP contribution in [0, 0.1) is 5.82 Å². The molecule has 3 aromatic carbocycles. The summed E-state index contributed by atoms with van der Waals surface area (Å²) in [6.07, 6.45) is 0.179.